The summed E-state index contributed by atoms with van der Waals surface area (Å²) in [6.07, 6.45) is 7.41. The van der Waals surface area contributed by atoms with E-state index in [0.29, 0.717) is 11.8 Å². The van der Waals surface area contributed by atoms with Gasteiger partial charge < -0.3 is 14.5 Å². The Morgan fingerprint density at radius 2 is 1.56 bits per heavy atom. The summed E-state index contributed by atoms with van der Waals surface area (Å²) in [6, 6.07) is 7.85. The minimum atomic E-state index is 0.0824. The van der Waals surface area contributed by atoms with Gasteiger partial charge in [-0.05, 0) is 44.0 Å². The first-order valence-electron chi connectivity index (χ1n) is 13.5. The standard InChI is InChI=1S/C28H40N6O2/c1-23-4-6-25(7-5-23)36-22-27(35)34-19-17-33(18-20-34)16-15-32-13-11-31(12-14-32)10-8-24-21-30-28-26(24)3-2-9-29-28/h2-7,9,24,26H,8,10-22H2,1H3. The minimum Gasteiger partial charge on any atom is -0.484 e. The number of piperazine rings is 2. The normalized spacial score (nSPS) is 25.1. The number of hydrogen-bond acceptors (Lipinski definition) is 7. The second kappa shape index (κ2) is 12.1. The monoisotopic (exact) mass is 492 g/mol. The summed E-state index contributed by atoms with van der Waals surface area (Å²) in [4.78, 5) is 31.3. The summed E-state index contributed by atoms with van der Waals surface area (Å²) in [7, 11) is 0. The number of carbonyl (C=O) groups excluding carboxylic acids is 1. The predicted octanol–water partition coefficient (Wildman–Crippen LogP) is 1.81. The van der Waals surface area contributed by atoms with Crippen molar-refractivity contribution in [2.75, 3.05) is 85.1 Å². The highest BCUT2D eigenvalue weighted by atomic mass is 16.5. The highest BCUT2D eigenvalue weighted by Crippen LogP contribution is 2.28. The Kier molecular flexibility index (Phi) is 8.46. The SMILES string of the molecule is Cc1ccc(OCC(=O)N2CCN(CCN3CCN(CCC4CN=C5N=CC=CC54)CC3)CC2)cc1. The summed E-state index contributed by atoms with van der Waals surface area (Å²) in [5.41, 5.74) is 1.19. The molecule has 36 heavy (non-hydrogen) atoms. The van der Waals surface area contributed by atoms with Crippen LogP contribution in [-0.4, -0.2) is 123 Å². The smallest absolute Gasteiger partial charge is 0.260 e. The number of amides is 1. The lowest BCUT2D eigenvalue weighted by molar-refractivity contribution is -0.135. The molecule has 5 rings (SSSR count). The van der Waals surface area contributed by atoms with E-state index in [1.54, 1.807) is 0 Å². The molecule has 1 aromatic carbocycles. The van der Waals surface area contributed by atoms with Gasteiger partial charge in [0.25, 0.3) is 5.91 Å². The first-order valence-corrected chi connectivity index (χ1v) is 13.5. The van der Waals surface area contributed by atoms with E-state index in [1.807, 2.05) is 42.3 Å². The van der Waals surface area contributed by atoms with Gasteiger partial charge in [0.2, 0.25) is 0 Å². The molecule has 2 fully saturated rings. The molecule has 2 atom stereocenters. The molecule has 4 aliphatic rings. The lowest BCUT2D eigenvalue weighted by Gasteiger charge is -2.38. The number of rotatable bonds is 9. The third kappa shape index (κ3) is 6.60. The summed E-state index contributed by atoms with van der Waals surface area (Å²) < 4.78 is 5.68. The van der Waals surface area contributed by atoms with E-state index in [1.165, 1.54) is 18.5 Å². The van der Waals surface area contributed by atoms with Crippen molar-refractivity contribution in [3.63, 3.8) is 0 Å². The molecule has 0 bridgehead atoms. The lowest BCUT2D eigenvalue weighted by Crippen LogP contribution is -2.53. The fourth-order valence-corrected chi connectivity index (χ4v) is 5.53. The van der Waals surface area contributed by atoms with Crippen LogP contribution in [0.4, 0.5) is 0 Å². The van der Waals surface area contributed by atoms with E-state index in [-0.39, 0.29) is 12.5 Å². The zero-order valence-corrected chi connectivity index (χ0v) is 21.6. The van der Waals surface area contributed by atoms with Crippen molar-refractivity contribution in [2.24, 2.45) is 21.8 Å². The quantitative estimate of drug-likeness (QED) is 0.526. The Labute approximate surface area is 215 Å². The summed E-state index contributed by atoms with van der Waals surface area (Å²) in [6.45, 7) is 14.5. The molecule has 0 aromatic heterocycles. The molecular formula is C28H40N6O2. The molecule has 4 aliphatic heterocycles. The molecule has 2 unspecified atom stereocenters. The van der Waals surface area contributed by atoms with Crippen LogP contribution in [0, 0.1) is 18.8 Å². The van der Waals surface area contributed by atoms with Crippen LogP contribution in [0.1, 0.15) is 12.0 Å². The highest BCUT2D eigenvalue weighted by Gasteiger charge is 2.31. The zero-order chi connectivity index (χ0) is 24.7. The van der Waals surface area contributed by atoms with Crippen LogP contribution in [0.5, 0.6) is 5.75 Å². The minimum absolute atomic E-state index is 0.0824. The molecule has 8 heteroatoms. The van der Waals surface area contributed by atoms with Crippen LogP contribution < -0.4 is 4.74 Å². The van der Waals surface area contributed by atoms with Gasteiger partial charge in [0.05, 0.1) is 0 Å². The molecule has 0 saturated carbocycles. The third-order valence-electron chi connectivity index (χ3n) is 8.03. The van der Waals surface area contributed by atoms with E-state index in [2.05, 4.69) is 36.8 Å². The molecule has 1 amide bonds. The van der Waals surface area contributed by atoms with Gasteiger partial charge >= 0.3 is 0 Å². The molecule has 194 valence electrons. The average Bonchev–Trinajstić information content (AvgIpc) is 3.34. The lowest BCUT2D eigenvalue weighted by atomic mass is 9.89. The van der Waals surface area contributed by atoms with Gasteiger partial charge in [-0.25, -0.2) is 4.99 Å². The number of dihydropyridines is 1. The maximum Gasteiger partial charge on any atom is 0.260 e. The van der Waals surface area contributed by atoms with Crippen LogP contribution >= 0.6 is 0 Å². The number of aryl methyl sites for hydroxylation is 1. The predicted molar refractivity (Wildman–Crippen MR) is 144 cm³/mol. The highest BCUT2D eigenvalue weighted by molar-refractivity contribution is 5.98. The number of hydrogen-bond donors (Lipinski definition) is 0. The largest absolute Gasteiger partial charge is 0.484 e. The number of aliphatic imine (C=N–C) groups is 2. The zero-order valence-electron chi connectivity index (χ0n) is 21.6. The van der Waals surface area contributed by atoms with Crippen molar-refractivity contribution < 1.29 is 9.53 Å². The number of ether oxygens (including phenoxy) is 1. The molecule has 1 aromatic rings. The topological polar surface area (TPSA) is 64.0 Å². The maximum absolute atomic E-state index is 12.5. The van der Waals surface area contributed by atoms with E-state index in [4.69, 9.17) is 4.74 Å². The molecule has 0 spiro atoms. The molecular weight excluding hydrogens is 452 g/mol. The Hall–Kier alpha value is -2.55. The Morgan fingerprint density at radius 1 is 0.917 bits per heavy atom. The van der Waals surface area contributed by atoms with Crippen molar-refractivity contribution in [1.82, 2.24) is 19.6 Å². The van der Waals surface area contributed by atoms with Crippen molar-refractivity contribution in [3.05, 3.63) is 42.0 Å². The summed E-state index contributed by atoms with van der Waals surface area (Å²) in [5.74, 6) is 2.93. The van der Waals surface area contributed by atoms with Crippen LogP contribution in [0.15, 0.2) is 46.4 Å². The maximum atomic E-state index is 12.5. The number of carbonyl (C=O) groups is 1. The van der Waals surface area contributed by atoms with E-state index < -0.39 is 0 Å². The molecule has 0 radical (unpaired) electrons. The molecule has 2 saturated heterocycles. The fourth-order valence-electron chi connectivity index (χ4n) is 5.53. The number of benzene rings is 1. The van der Waals surface area contributed by atoms with Gasteiger partial charge in [-0.1, -0.05) is 23.8 Å². The molecule has 8 nitrogen and oxygen atoms in total. The third-order valence-corrected chi connectivity index (χ3v) is 8.03. The van der Waals surface area contributed by atoms with Gasteiger partial charge in [-0.15, -0.1) is 0 Å². The second-order valence-corrected chi connectivity index (χ2v) is 10.4. The Balaban J connectivity index is 0.931. The fraction of sp³-hybridized carbons (Fsp3) is 0.607. The van der Waals surface area contributed by atoms with Crippen molar-refractivity contribution >= 4 is 18.0 Å². The van der Waals surface area contributed by atoms with Crippen molar-refractivity contribution in [1.29, 1.82) is 0 Å². The van der Waals surface area contributed by atoms with Crippen LogP contribution in [0.25, 0.3) is 0 Å². The van der Waals surface area contributed by atoms with Crippen LogP contribution in [0.2, 0.25) is 0 Å². The number of allylic oxidation sites excluding steroid dienone is 1. The van der Waals surface area contributed by atoms with E-state index in [9.17, 15) is 4.79 Å². The average molecular weight is 493 g/mol. The van der Waals surface area contributed by atoms with Gasteiger partial charge in [-0.3, -0.25) is 19.6 Å². The summed E-state index contributed by atoms with van der Waals surface area (Å²) >= 11 is 0. The van der Waals surface area contributed by atoms with Gasteiger partial charge in [0.15, 0.2) is 6.61 Å². The number of nitrogens with zero attached hydrogens (tertiary/aromatic N) is 6. The van der Waals surface area contributed by atoms with Gasteiger partial charge in [-0.2, -0.15) is 0 Å². The Morgan fingerprint density at radius 3 is 2.25 bits per heavy atom. The first-order chi connectivity index (χ1) is 17.6. The molecule has 4 heterocycles. The first kappa shape index (κ1) is 25.1. The van der Waals surface area contributed by atoms with Gasteiger partial charge in [0, 0.05) is 84.1 Å². The Bertz CT molecular complexity index is 959. The second-order valence-electron chi connectivity index (χ2n) is 10.4. The number of amidine groups is 1. The number of fused-ring (bicyclic) bond motifs is 1. The van der Waals surface area contributed by atoms with Crippen LogP contribution in [0.3, 0.4) is 0 Å². The van der Waals surface area contributed by atoms with Gasteiger partial charge in [0.1, 0.15) is 11.6 Å². The molecule has 0 N–H and O–H groups in total. The van der Waals surface area contributed by atoms with E-state index >= 15 is 0 Å². The van der Waals surface area contributed by atoms with Crippen molar-refractivity contribution in [3.8, 4) is 5.75 Å². The summed E-state index contributed by atoms with van der Waals surface area (Å²) in [5, 5.41) is 0. The van der Waals surface area contributed by atoms with Crippen molar-refractivity contribution in [2.45, 2.75) is 13.3 Å². The molecule has 0 aliphatic carbocycles. The van der Waals surface area contributed by atoms with E-state index in [0.717, 1.165) is 83.6 Å². The van der Waals surface area contributed by atoms with Crippen LogP contribution in [-0.2, 0) is 4.79 Å².